The van der Waals surface area contributed by atoms with Gasteiger partial charge in [-0.3, -0.25) is 4.98 Å². The summed E-state index contributed by atoms with van der Waals surface area (Å²) in [5.74, 6) is 0.414. The number of benzene rings is 1. The molecule has 136 valence electrons. The number of ether oxygens (including phenoxy) is 1. The van der Waals surface area contributed by atoms with E-state index in [1.54, 1.807) is 18.3 Å². The van der Waals surface area contributed by atoms with Gasteiger partial charge in [0, 0.05) is 11.4 Å². The van der Waals surface area contributed by atoms with E-state index in [0.29, 0.717) is 12.4 Å². The van der Waals surface area contributed by atoms with Crippen molar-refractivity contribution in [2.75, 3.05) is 0 Å². The van der Waals surface area contributed by atoms with Crippen LogP contribution in [0.15, 0.2) is 36.5 Å². The van der Waals surface area contributed by atoms with Crippen LogP contribution in [0.5, 0.6) is 5.75 Å². The van der Waals surface area contributed by atoms with Crippen molar-refractivity contribution in [1.82, 2.24) is 9.71 Å². The summed E-state index contributed by atoms with van der Waals surface area (Å²) >= 11 is -1.16. The van der Waals surface area contributed by atoms with Crippen LogP contribution in [-0.2, 0) is 18.0 Å². The van der Waals surface area contributed by atoms with Gasteiger partial charge in [0.25, 0.3) is 0 Å². The predicted octanol–water partition coefficient (Wildman–Crippen LogP) is 4.22. The van der Waals surface area contributed by atoms with Crippen molar-refractivity contribution in [2.24, 2.45) is 0 Å². The monoisotopic (exact) mass is 364 g/mol. The van der Waals surface area contributed by atoms with Crippen molar-refractivity contribution in [2.45, 2.75) is 52.0 Å². The van der Waals surface area contributed by atoms with Crippen LogP contribution in [0.2, 0.25) is 0 Å². The Balaban J connectivity index is 2.01. The number of aryl methyl sites for hydroxylation is 1. The zero-order valence-electron chi connectivity index (χ0n) is 15.3. The summed E-state index contributed by atoms with van der Waals surface area (Å²) < 4.78 is 33.6. The average molecular weight is 364 g/mol. The van der Waals surface area contributed by atoms with Crippen LogP contribution < -0.4 is 9.46 Å². The van der Waals surface area contributed by atoms with Gasteiger partial charge in [-0.15, -0.1) is 4.72 Å². The summed E-state index contributed by atoms with van der Waals surface area (Å²) in [6, 6.07) is 8.01. The Bertz CT molecular complexity index is 702. The van der Waals surface area contributed by atoms with Crippen LogP contribution in [0.3, 0.4) is 0 Å². The highest BCUT2D eigenvalue weighted by atomic mass is 32.2. The van der Waals surface area contributed by atoms with E-state index >= 15 is 0 Å². The van der Waals surface area contributed by atoms with E-state index in [9.17, 15) is 8.94 Å². The van der Waals surface area contributed by atoms with Gasteiger partial charge in [-0.05, 0) is 63.9 Å². The molecule has 0 bridgehead atoms. The second-order valence-electron chi connectivity index (χ2n) is 7.01. The fourth-order valence-electron chi connectivity index (χ4n) is 2.09. The molecule has 0 aliphatic heterocycles. The molecule has 0 fully saturated rings. The van der Waals surface area contributed by atoms with E-state index in [1.165, 1.54) is 12.1 Å². The van der Waals surface area contributed by atoms with Crippen molar-refractivity contribution < 1.29 is 13.7 Å². The molecule has 1 N–H and O–H groups in total. The summed E-state index contributed by atoms with van der Waals surface area (Å²) in [4.78, 5) is 4.42. The van der Waals surface area contributed by atoms with E-state index in [-0.39, 0.29) is 16.6 Å². The first kappa shape index (κ1) is 19.7. The Morgan fingerprint density at radius 1 is 1.28 bits per heavy atom. The largest absolute Gasteiger partial charge is 0.598 e. The van der Waals surface area contributed by atoms with E-state index in [1.807, 2.05) is 40.7 Å². The molecule has 6 heteroatoms. The molecule has 25 heavy (non-hydrogen) atoms. The van der Waals surface area contributed by atoms with E-state index in [2.05, 4.69) is 9.71 Å². The van der Waals surface area contributed by atoms with E-state index < -0.39 is 11.4 Å². The third-order valence-corrected chi connectivity index (χ3v) is 5.36. The molecule has 1 aromatic carbocycles. The normalized spacial score (nSPS) is 14.2. The van der Waals surface area contributed by atoms with Crippen molar-refractivity contribution >= 4 is 11.4 Å². The SMILES string of the molecule is Cc1cc(C(C)N[S@+]([O-])C(C)(C)C)ncc1OCc1ccc(F)cc1. The minimum absolute atomic E-state index is 0.134. The van der Waals surface area contributed by atoms with Gasteiger partial charge in [-0.2, -0.15) is 0 Å². The lowest BCUT2D eigenvalue weighted by molar-refractivity contribution is 0.302. The molecule has 0 aliphatic rings. The standard InChI is InChI=1S/C19H25FN2O2S/c1-13-10-17(14(2)22-25(23)19(3,4)5)21-11-18(13)24-12-15-6-8-16(20)9-7-15/h6-11,14,22H,12H2,1-5H3/t14?,25-/m1/s1. The maximum atomic E-state index is 12.9. The Morgan fingerprint density at radius 2 is 1.92 bits per heavy atom. The fourth-order valence-corrected chi connectivity index (χ4v) is 2.89. The molecule has 2 aromatic rings. The topological polar surface area (TPSA) is 57.2 Å². The molecular weight excluding hydrogens is 339 g/mol. The number of hydrogen-bond donors (Lipinski definition) is 1. The molecule has 1 aromatic heterocycles. The van der Waals surface area contributed by atoms with Crippen LogP contribution in [-0.4, -0.2) is 14.3 Å². The van der Waals surface area contributed by atoms with Crippen LogP contribution in [0.25, 0.3) is 0 Å². The van der Waals surface area contributed by atoms with Gasteiger partial charge in [0.1, 0.15) is 22.9 Å². The molecular formula is C19H25FN2O2S. The first-order valence-electron chi connectivity index (χ1n) is 8.18. The molecule has 0 radical (unpaired) electrons. The van der Waals surface area contributed by atoms with Gasteiger partial charge in [-0.25, -0.2) is 4.39 Å². The molecule has 0 aliphatic carbocycles. The summed E-state index contributed by atoms with van der Waals surface area (Å²) in [5.41, 5.74) is 2.65. The van der Waals surface area contributed by atoms with Crippen LogP contribution >= 0.6 is 0 Å². The van der Waals surface area contributed by atoms with Gasteiger partial charge in [0.15, 0.2) is 0 Å². The Labute approximate surface area is 152 Å². The quantitative estimate of drug-likeness (QED) is 0.780. The minimum atomic E-state index is -1.16. The summed E-state index contributed by atoms with van der Waals surface area (Å²) in [6.45, 7) is 10.0. The molecule has 0 spiro atoms. The maximum Gasteiger partial charge on any atom is 0.141 e. The Kier molecular flexibility index (Phi) is 6.43. The fraction of sp³-hybridized carbons (Fsp3) is 0.421. The first-order valence-corrected chi connectivity index (χ1v) is 9.33. The minimum Gasteiger partial charge on any atom is -0.598 e. The van der Waals surface area contributed by atoms with E-state index in [0.717, 1.165) is 16.8 Å². The number of halogens is 1. The number of nitrogens with zero attached hydrogens (tertiary/aromatic N) is 1. The lowest BCUT2D eigenvalue weighted by atomic mass is 10.1. The molecule has 4 nitrogen and oxygen atoms in total. The number of aromatic nitrogens is 1. The highest BCUT2D eigenvalue weighted by Gasteiger charge is 2.28. The summed E-state index contributed by atoms with van der Waals surface area (Å²) in [7, 11) is 0. The zero-order chi connectivity index (χ0) is 18.6. The van der Waals surface area contributed by atoms with Crippen molar-refractivity contribution in [3.8, 4) is 5.75 Å². The summed E-state index contributed by atoms with van der Waals surface area (Å²) in [6.07, 6.45) is 1.67. The third-order valence-electron chi connectivity index (χ3n) is 3.68. The lowest BCUT2D eigenvalue weighted by Gasteiger charge is -2.26. The molecule has 2 rings (SSSR count). The highest BCUT2D eigenvalue weighted by Crippen LogP contribution is 2.23. The maximum absolute atomic E-state index is 12.9. The van der Waals surface area contributed by atoms with Crippen molar-refractivity contribution in [3.63, 3.8) is 0 Å². The Hall–Kier alpha value is -1.63. The summed E-state index contributed by atoms with van der Waals surface area (Å²) in [5, 5.41) is 0. The highest BCUT2D eigenvalue weighted by molar-refractivity contribution is 7.90. The predicted molar refractivity (Wildman–Crippen MR) is 99.2 cm³/mol. The third kappa shape index (κ3) is 5.70. The molecule has 0 amide bonds. The van der Waals surface area contributed by atoms with Gasteiger partial charge in [-0.1, -0.05) is 12.1 Å². The molecule has 1 unspecified atom stereocenters. The smallest absolute Gasteiger partial charge is 0.141 e. The zero-order valence-corrected chi connectivity index (χ0v) is 16.1. The Morgan fingerprint density at radius 3 is 2.48 bits per heavy atom. The van der Waals surface area contributed by atoms with Crippen molar-refractivity contribution in [1.29, 1.82) is 0 Å². The molecule has 0 saturated heterocycles. The average Bonchev–Trinajstić information content (AvgIpc) is 2.54. The van der Waals surface area contributed by atoms with Gasteiger partial charge < -0.3 is 9.29 Å². The van der Waals surface area contributed by atoms with E-state index in [4.69, 9.17) is 4.74 Å². The number of nitrogens with one attached hydrogen (secondary N) is 1. The molecule has 2 atom stereocenters. The lowest BCUT2D eigenvalue weighted by Crippen LogP contribution is -2.40. The molecule has 1 heterocycles. The van der Waals surface area contributed by atoms with Gasteiger partial charge in [0.05, 0.1) is 17.9 Å². The van der Waals surface area contributed by atoms with Gasteiger partial charge in [0.2, 0.25) is 0 Å². The van der Waals surface area contributed by atoms with Crippen LogP contribution in [0.1, 0.15) is 50.6 Å². The number of rotatable bonds is 6. The second kappa shape index (κ2) is 8.17. The van der Waals surface area contributed by atoms with Crippen LogP contribution in [0, 0.1) is 12.7 Å². The second-order valence-corrected chi connectivity index (χ2v) is 9.01. The van der Waals surface area contributed by atoms with Crippen LogP contribution in [0.4, 0.5) is 4.39 Å². The number of pyridine rings is 1. The molecule has 0 saturated carbocycles. The number of hydrogen-bond acceptors (Lipinski definition) is 4. The first-order chi connectivity index (χ1) is 11.7. The van der Waals surface area contributed by atoms with Gasteiger partial charge >= 0.3 is 0 Å². The van der Waals surface area contributed by atoms with Crippen molar-refractivity contribution in [3.05, 3.63) is 59.2 Å².